The first-order valence-corrected chi connectivity index (χ1v) is 8.12. The zero-order valence-corrected chi connectivity index (χ0v) is 14.6. The Morgan fingerprint density at radius 1 is 0.958 bits per heavy atom. The second-order valence-corrected chi connectivity index (χ2v) is 6.37. The summed E-state index contributed by atoms with van der Waals surface area (Å²) >= 11 is 0. The van der Waals surface area contributed by atoms with E-state index in [1.807, 2.05) is 52.0 Å². The fraction of sp³-hybridized carbons (Fsp3) is 0.300. The summed E-state index contributed by atoms with van der Waals surface area (Å²) in [5.74, 6) is -0.477. The fourth-order valence-electron chi connectivity index (χ4n) is 2.51. The molecule has 0 spiro atoms. The quantitative estimate of drug-likeness (QED) is 0.881. The van der Waals surface area contributed by atoms with Gasteiger partial charge in [0.05, 0.1) is 0 Å². The third kappa shape index (κ3) is 4.44. The standard InChI is InChI=1S/C20H24N2O2/c1-13(2)18(22-19(23)16-8-6-5-7-9-16)20(24)21-17-11-10-14(3)12-15(17)4/h5-13,18H,1-4H3,(H,21,24)(H,22,23). The van der Waals surface area contributed by atoms with Gasteiger partial charge >= 0.3 is 0 Å². The van der Waals surface area contributed by atoms with E-state index < -0.39 is 6.04 Å². The van der Waals surface area contributed by atoms with Crippen molar-refractivity contribution in [2.24, 2.45) is 5.92 Å². The van der Waals surface area contributed by atoms with Crippen LogP contribution in [0.25, 0.3) is 0 Å². The fourth-order valence-corrected chi connectivity index (χ4v) is 2.51. The Labute approximate surface area is 143 Å². The summed E-state index contributed by atoms with van der Waals surface area (Å²) in [6.07, 6.45) is 0. The van der Waals surface area contributed by atoms with Gasteiger partial charge in [-0.1, -0.05) is 49.7 Å². The molecule has 2 rings (SSSR count). The molecule has 2 aromatic rings. The second kappa shape index (κ2) is 7.77. The summed E-state index contributed by atoms with van der Waals surface area (Å²) in [4.78, 5) is 25.0. The van der Waals surface area contributed by atoms with E-state index >= 15 is 0 Å². The van der Waals surface area contributed by atoms with Gasteiger partial charge in [0.2, 0.25) is 5.91 Å². The average molecular weight is 324 g/mol. The zero-order chi connectivity index (χ0) is 17.7. The summed E-state index contributed by atoms with van der Waals surface area (Å²) in [6, 6.07) is 14.2. The Hall–Kier alpha value is -2.62. The number of hydrogen-bond donors (Lipinski definition) is 2. The molecule has 0 heterocycles. The molecule has 1 unspecified atom stereocenters. The van der Waals surface area contributed by atoms with Crippen LogP contribution in [0, 0.1) is 19.8 Å². The van der Waals surface area contributed by atoms with Crippen molar-refractivity contribution >= 4 is 17.5 Å². The van der Waals surface area contributed by atoms with Crippen molar-refractivity contribution in [1.29, 1.82) is 0 Å². The molecule has 0 aliphatic rings. The lowest BCUT2D eigenvalue weighted by atomic mass is 10.0. The zero-order valence-electron chi connectivity index (χ0n) is 14.6. The van der Waals surface area contributed by atoms with Gasteiger partial charge in [-0.3, -0.25) is 9.59 Å². The van der Waals surface area contributed by atoms with E-state index in [4.69, 9.17) is 0 Å². The molecule has 0 aliphatic heterocycles. The topological polar surface area (TPSA) is 58.2 Å². The average Bonchev–Trinajstić information content (AvgIpc) is 2.55. The summed E-state index contributed by atoms with van der Waals surface area (Å²) in [5.41, 5.74) is 3.45. The lowest BCUT2D eigenvalue weighted by Crippen LogP contribution is -2.47. The lowest BCUT2D eigenvalue weighted by Gasteiger charge is -2.22. The summed E-state index contributed by atoms with van der Waals surface area (Å²) < 4.78 is 0. The third-order valence-corrected chi connectivity index (χ3v) is 3.91. The molecule has 4 heteroatoms. The molecule has 126 valence electrons. The maximum atomic E-state index is 12.6. The van der Waals surface area contributed by atoms with Crippen LogP contribution in [0.1, 0.15) is 35.3 Å². The maximum absolute atomic E-state index is 12.6. The highest BCUT2D eigenvalue weighted by Gasteiger charge is 2.25. The van der Waals surface area contributed by atoms with Crippen molar-refractivity contribution in [3.8, 4) is 0 Å². The van der Waals surface area contributed by atoms with Crippen LogP contribution in [0.5, 0.6) is 0 Å². The van der Waals surface area contributed by atoms with Crippen molar-refractivity contribution in [1.82, 2.24) is 5.32 Å². The van der Waals surface area contributed by atoms with Crippen LogP contribution in [0.3, 0.4) is 0 Å². The minimum Gasteiger partial charge on any atom is -0.340 e. The van der Waals surface area contributed by atoms with Gasteiger partial charge in [0, 0.05) is 11.3 Å². The summed E-state index contributed by atoms with van der Waals surface area (Å²) in [6.45, 7) is 7.79. The van der Waals surface area contributed by atoms with Gasteiger partial charge in [-0.05, 0) is 43.5 Å². The van der Waals surface area contributed by atoms with Crippen LogP contribution < -0.4 is 10.6 Å². The Balaban J connectivity index is 2.12. The number of nitrogens with one attached hydrogen (secondary N) is 2. The Morgan fingerprint density at radius 2 is 1.62 bits per heavy atom. The third-order valence-electron chi connectivity index (χ3n) is 3.91. The van der Waals surface area contributed by atoms with Crippen molar-refractivity contribution in [2.45, 2.75) is 33.7 Å². The minimum absolute atomic E-state index is 0.0246. The molecule has 2 amide bonds. The summed E-state index contributed by atoms with van der Waals surface area (Å²) in [5, 5.41) is 5.75. The molecule has 0 radical (unpaired) electrons. The van der Waals surface area contributed by atoms with Gasteiger partial charge in [0.15, 0.2) is 0 Å². The number of carbonyl (C=O) groups excluding carboxylic acids is 2. The first-order valence-electron chi connectivity index (χ1n) is 8.12. The van der Waals surface area contributed by atoms with E-state index in [9.17, 15) is 9.59 Å². The molecule has 0 fully saturated rings. The molecule has 2 aromatic carbocycles. The van der Waals surface area contributed by atoms with E-state index in [0.717, 1.165) is 16.8 Å². The smallest absolute Gasteiger partial charge is 0.251 e. The van der Waals surface area contributed by atoms with Gasteiger partial charge in [0.25, 0.3) is 5.91 Å². The van der Waals surface area contributed by atoms with E-state index in [1.54, 1.807) is 24.3 Å². The minimum atomic E-state index is -0.599. The predicted molar refractivity (Wildman–Crippen MR) is 97.1 cm³/mol. The van der Waals surface area contributed by atoms with Crippen LogP contribution in [0.4, 0.5) is 5.69 Å². The molecule has 0 aromatic heterocycles. The highest BCUT2D eigenvalue weighted by Crippen LogP contribution is 2.17. The van der Waals surface area contributed by atoms with Crippen LogP contribution >= 0.6 is 0 Å². The van der Waals surface area contributed by atoms with Gasteiger partial charge in [-0.2, -0.15) is 0 Å². The lowest BCUT2D eigenvalue weighted by molar-refractivity contribution is -0.118. The normalized spacial score (nSPS) is 11.9. The number of aryl methyl sites for hydroxylation is 2. The number of carbonyl (C=O) groups is 2. The largest absolute Gasteiger partial charge is 0.340 e. The van der Waals surface area contributed by atoms with Crippen LogP contribution in [0.2, 0.25) is 0 Å². The van der Waals surface area contributed by atoms with Gasteiger partial charge in [-0.15, -0.1) is 0 Å². The van der Waals surface area contributed by atoms with Crippen molar-refractivity contribution in [3.05, 3.63) is 65.2 Å². The number of rotatable bonds is 5. The van der Waals surface area contributed by atoms with Crippen molar-refractivity contribution in [2.75, 3.05) is 5.32 Å². The second-order valence-electron chi connectivity index (χ2n) is 6.37. The molecule has 0 aliphatic carbocycles. The van der Waals surface area contributed by atoms with Gasteiger partial charge in [0.1, 0.15) is 6.04 Å². The maximum Gasteiger partial charge on any atom is 0.251 e. The van der Waals surface area contributed by atoms with Crippen molar-refractivity contribution in [3.63, 3.8) is 0 Å². The highest BCUT2D eigenvalue weighted by molar-refractivity contribution is 6.01. The Morgan fingerprint density at radius 3 is 2.21 bits per heavy atom. The van der Waals surface area contributed by atoms with Crippen LogP contribution in [-0.2, 0) is 4.79 Å². The van der Waals surface area contributed by atoms with Crippen molar-refractivity contribution < 1.29 is 9.59 Å². The molecule has 0 saturated carbocycles. The molecule has 0 bridgehead atoms. The SMILES string of the molecule is Cc1ccc(NC(=O)C(NC(=O)c2ccccc2)C(C)C)c(C)c1. The predicted octanol–water partition coefficient (Wildman–Crippen LogP) is 3.70. The van der Waals surface area contributed by atoms with E-state index in [1.165, 1.54) is 0 Å². The van der Waals surface area contributed by atoms with Crippen LogP contribution in [-0.4, -0.2) is 17.9 Å². The first kappa shape index (κ1) is 17.7. The van der Waals surface area contributed by atoms with Gasteiger partial charge < -0.3 is 10.6 Å². The molecule has 2 N–H and O–H groups in total. The molecular formula is C20H24N2O2. The van der Waals surface area contributed by atoms with Gasteiger partial charge in [-0.25, -0.2) is 0 Å². The van der Waals surface area contributed by atoms with E-state index in [-0.39, 0.29) is 17.7 Å². The van der Waals surface area contributed by atoms with E-state index in [0.29, 0.717) is 5.56 Å². The molecule has 1 atom stereocenters. The molecule has 0 saturated heterocycles. The summed E-state index contributed by atoms with van der Waals surface area (Å²) in [7, 11) is 0. The Kier molecular flexibility index (Phi) is 5.74. The number of anilines is 1. The monoisotopic (exact) mass is 324 g/mol. The van der Waals surface area contributed by atoms with Crippen LogP contribution in [0.15, 0.2) is 48.5 Å². The molecule has 24 heavy (non-hydrogen) atoms. The molecule has 4 nitrogen and oxygen atoms in total. The number of hydrogen-bond acceptors (Lipinski definition) is 2. The Bertz CT molecular complexity index is 724. The highest BCUT2D eigenvalue weighted by atomic mass is 16.2. The number of benzene rings is 2. The van der Waals surface area contributed by atoms with E-state index in [2.05, 4.69) is 10.6 Å². The molecular weight excluding hydrogens is 300 g/mol. The first-order chi connectivity index (χ1) is 11.4. The number of amides is 2.